The van der Waals surface area contributed by atoms with E-state index in [4.69, 9.17) is 9.47 Å². The lowest BCUT2D eigenvalue weighted by Crippen LogP contribution is -2.47. The number of methoxy groups -OCH3 is 1. The van der Waals surface area contributed by atoms with E-state index in [9.17, 15) is 24.3 Å². The van der Waals surface area contributed by atoms with Gasteiger partial charge in [0.15, 0.2) is 0 Å². The van der Waals surface area contributed by atoms with Gasteiger partial charge in [0.05, 0.1) is 26.2 Å². The van der Waals surface area contributed by atoms with Gasteiger partial charge in [0.25, 0.3) is 5.91 Å². The summed E-state index contributed by atoms with van der Waals surface area (Å²) in [6.07, 6.45) is -0.547. The second-order valence-corrected chi connectivity index (χ2v) is 11.3. The number of carbonyl (C=O) groups excluding carboxylic acids is 3. The van der Waals surface area contributed by atoms with Crippen LogP contribution in [-0.4, -0.2) is 67.4 Å². The summed E-state index contributed by atoms with van der Waals surface area (Å²) in [5, 5.41) is 13.1. The molecule has 1 heterocycles. The van der Waals surface area contributed by atoms with Crippen LogP contribution in [0.4, 0.5) is 4.79 Å². The fourth-order valence-electron chi connectivity index (χ4n) is 6.52. The van der Waals surface area contributed by atoms with Gasteiger partial charge < -0.3 is 29.5 Å². The van der Waals surface area contributed by atoms with E-state index < -0.39 is 30.0 Å². The molecule has 0 radical (unpaired) electrons. The Kier molecular flexibility index (Phi) is 9.19. The molecule has 0 unspecified atom stereocenters. The van der Waals surface area contributed by atoms with Crippen molar-refractivity contribution in [1.29, 1.82) is 0 Å². The van der Waals surface area contributed by atoms with Crippen LogP contribution in [0.25, 0.3) is 11.1 Å². The zero-order valence-corrected chi connectivity index (χ0v) is 25.8. The molecule has 0 aromatic heterocycles. The topological polar surface area (TPSA) is 131 Å². The van der Waals surface area contributed by atoms with Crippen LogP contribution < -0.4 is 10.1 Å². The van der Waals surface area contributed by atoms with Gasteiger partial charge in [-0.05, 0) is 51.6 Å². The average molecular weight is 635 g/mol. The normalized spacial score (nSPS) is 16.4. The van der Waals surface area contributed by atoms with Crippen LogP contribution >= 0.6 is 0 Å². The first-order valence-corrected chi connectivity index (χ1v) is 15.4. The lowest BCUT2D eigenvalue weighted by atomic mass is 9.79. The number of alkyl carbamates (subject to hydrolysis) is 1. The molecule has 2 atom stereocenters. The van der Waals surface area contributed by atoms with Crippen molar-refractivity contribution in [3.05, 3.63) is 125 Å². The maximum atomic E-state index is 13.8. The number of carboxylic acids is 1. The number of esters is 1. The number of aliphatic carboxylic acids is 1. The summed E-state index contributed by atoms with van der Waals surface area (Å²) >= 11 is 0. The molecule has 240 valence electrons. The number of hydrogen-bond donors (Lipinski definition) is 2. The van der Waals surface area contributed by atoms with Gasteiger partial charge in [-0.15, -0.1) is 0 Å². The molecular formula is C37H34N2O8. The molecule has 2 aliphatic rings. The number of rotatable bonds is 11. The number of carboxylic acid groups (broad SMARTS) is 1. The highest BCUT2D eigenvalue weighted by Gasteiger charge is 2.44. The first-order valence-electron chi connectivity index (χ1n) is 15.4. The van der Waals surface area contributed by atoms with Gasteiger partial charge in [-0.2, -0.15) is 0 Å². The number of amides is 2. The third-order valence-electron chi connectivity index (χ3n) is 8.69. The van der Waals surface area contributed by atoms with Crippen LogP contribution in [0.2, 0.25) is 0 Å². The van der Waals surface area contributed by atoms with Gasteiger partial charge in [0.2, 0.25) is 0 Å². The third kappa shape index (κ3) is 6.40. The monoisotopic (exact) mass is 634 g/mol. The largest absolute Gasteiger partial charge is 0.493 e. The van der Waals surface area contributed by atoms with Gasteiger partial charge in [-0.1, -0.05) is 78.9 Å². The predicted molar refractivity (Wildman–Crippen MR) is 172 cm³/mol. The van der Waals surface area contributed by atoms with Crippen LogP contribution in [0.5, 0.6) is 5.75 Å². The Morgan fingerprint density at radius 3 is 2.02 bits per heavy atom. The van der Waals surface area contributed by atoms with E-state index in [1.165, 1.54) is 12.0 Å². The molecule has 0 fully saturated rings. The zero-order chi connectivity index (χ0) is 32.9. The van der Waals surface area contributed by atoms with Crippen molar-refractivity contribution < 1.29 is 38.5 Å². The number of benzene rings is 4. The SMILES string of the molecule is COC(=O)CCOc1ccc([C@H]2[C@H](C(=O)O)c3ccccc3C(=O)N2CCNC(=O)OCC2c3ccccc3-c3ccccc32)cc1. The Balaban J connectivity index is 1.16. The summed E-state index contributed by atoms with van der Waals surface area (Å²) in [5.74, 6) is -2.48. The summed E-state index contributed by atoms with van der Waals surface area (Å²) in [7, 11) is 1.30. The molecular weight excluding hydrogens is 600 g/mol. The van der Waals surface area contributed by atoms with Crippen LogP contribution in [0.1, 0.15) is 56.9 Å². The van der Waals surface area contributed by atoms with Crippen molar-refractivity contribution in [3.63, 3.8) is 0 Å². The summed E-state index contributed by atoms with van der Waals surface area (Å²) < 4.78 is 15.9. The molecule has 1 aliphatic carbocycles. The van der Waals surface area contributed by atoms with Gasteiger partial charge in [-0.3, -0.25) is 14.4 Å². The highest BCUT2D eigenvalue weighted by molar-refractivity contribution is 6.00. The van der Waals surface area contributed by atoms with Crippen molar-refractivity contribution in [1.82, 2.24) is 10.2 Å². The van der Waals surface area contributed by atoms with Crippen molar-refractivity contribution in [2.45, 2.75) is 24.3 Å². The first-order chi connectivity index (χ1) is 22.9. The van der Waals surface area contributed by atoms with E-state index in [0.717, 1.165) is 22.3 Å². The molecule has 47 heavy (non-hydrogen) atoms. The molecule has 0 bridgehead atoms. The maximum Gasteiger partial charge on any atom is 0.407 e. The Morgan fingerprint density at radius 2 is 1.40 bits per heavy atom. The molecule has 6 rings (SSSR count). The van der Waals surface area contributed by atoms with E-state index in [1.807, 2.05) is 36.4 Å². The number of nitrogens with one attached hydrogen (secondary N) is 1. The van der Waals surface area contributed by atoms with Crippen molar-refractivity contribution >= 4 is 23.9 Å². The lowest BCUT2D eigenvalue weighted by Gasteiger charge is -2.41. The molecule has 0 spiro atoms. The van der Waals surface area contributed by atoms with E-state index in [1.54, 1.807) is 48.5 Å². The van der Waals surface area contributed by atoms with Crippen LogP contribution in [0, 0.1) is 0 Å². The first kappa shape index (κ1) is 31.3. The minimum atomic E-state index is -1.08. The lowest BCUT2D eigenvalue weighted by molar-refractivity contribution is -0.141. The van der Waals surface area contributed by atoms with E-state index in [0.29, 0.717) is 22.4 Å². The zero-order valence-electron chi connectivity index (χ0n) is 25.8. The molecule has 4 aromatic carbocycles. The Hall–Kier alpha value is -5.64. The van der Waals surface area contributed by atoms with Gasteiger partial charge >= 0.3 is 18.0 Å². The Morgan fingerprint density at radius 1 is 0.809 bits per heavy atom. The van der Waals surface area contributed by atoms with E-state index in [2.05, 4.69) is 22.2 Å². The van der Waals surface area contributed by atoms with E-state index in [-0.39, 0.29) is 44.5 Å². The minimum absolute atomic E-state index is 0.0438. The number of nitrogens with zero attached hydrogens (tertiary/aromatic N) is 1. The van der Waals surface area contributed by atoms with Crippen LogP contribution in [0.3, 0.4) is 0 Å². The number of ether oxygens (including phenoxy) is 3. The summed E-state index contributed by atoms with van der Waals surface area (Å²) in [4.78, 5) is 52.3. The molecule has 2 amide bonds. The van der Waals surface area contributed by atoms with E-state index >= 15 is 0 Å². The van der Waals surface area contributed by atoms with Gasteiger partial charge in [0, 0.05) is 24.6 Å². The Labute approximate surface area is 271 Å². The highest BCUT2D eigenvalue weighted by Crippen LogP contribution is 2.45. The van der Waals surface area contributed by atoms with Crippen molar-refractivity contribution in [3.8, 4) is 16.9 Å². The van der Waals surface area contributed by atoms with Crippen LogP contribution in [0.15, 0.2) is 97.1 Å². The molecule has 10 nitrogen and oxygen atoms in total. The number of hydrogen-bond acceptors (Lipinski definition) is 7. The molecule has 2 N–H and O–H groups in total. The average Bonchev–Trinajstić information content (AvgIpc) is 3.41. The smallest absolute Gasteiger partial charge is 0.407 e. The molecule has 1 aliphatic heterocycles. The summed E-state index contributed by atoms with van der Waals surface area (Å²) in [6.45, 7) is 0.353. The Bertz CT molecular complexity index is 1760. The second kappa shape index (κ2) is 13.8. The number of fused-ring (bicyclic) bond motifs is 4. The van der Waals surface area contributed by atoms with Gasteiger partial charge in [-0.25, -0.2) is 4.79 Å². The van der Waals surface area contributed by atoms with Crippen molar-refractivity contribution in [2.75, 3.05) is 33.4 Å². The summed E-state index contributed by atoms with van der Waals surface area (Å²) in [5.41, 5.74) is 5.76. The molecule has 0 saturated carbocycles. The predicted octanol–water partition coefficient (Wildman–Crippen LogP) is 5.53. The van der Waals surface area contributed by atoms with Crippen molar-refractivity contribution in [2.24, 2.45) is 0 Å². The molecule has 4 aromatic rings. The fourth-order valence-corrected chi connectivity index (χ4v) is 6.52. The third-order valence-corrected chi connectivity index (χ3v) is 8.69. The molecule has 0 saturated heterocycles. The quantitative estimate of drug-likeness (QED) is 0.206. The highest BCUT2D eigenvalue weighted by atomic mass is 16.5. The second-order valence-electron chi connectivity index (χ2n) is 11.3. The van der Waals surface area contributed by atoms with Crippen LogP contribution in [-0.2, 0) is 19.1 Å². The summed E-state index contributed by atoms with van der Waals surface area (Å²) in [6, 6.07) is 28.7. The maximum absolute atomic E-state index is 13.8. The fraction of sp³-hybridized carbons (Fsp3) is 0.243. The minimum Gasteiger partial charge on any atom is -0.493 e. The van der Waals surface area contributed by atoms with Gasteiger partial charge in [0.1, 0.15) is 18.3 Å². The standard InChI is InChI=1S/C37H34N2O8/c1-45-32(40)18-21-46-24-16-14-23(15-17-24)34-33(36(42)43)29-12-6-7-13-30(29)35(41)39(34)20-19-38-37(44)47-22-31-27-10-4-2-8-25(27)26-9-3-5-11-28(26)31/h2-17,31,33-34H,18-22H2,1H3,(H,38,44)(H,42,43)/t33-,34+/m1/s1. The number of carbonyl (C=O) groups is 4. The molecule has 10 heteroatoms.